The van der Waals surface area contributed by atoms with Crippen LogP contribution < -0.4 is 19.6 Å². The first-order chi connectivity index (χ1) is 19.1. The summed E-state index contributed by atoms with van der Waals surface area (Å²) in [4.78, 5) is 4.58. The summed E-state index contributed by atoms with van der Waals surface area (Å²) < 4.78 is 13.3. The third-order valence-electron chi connectivity index (χ3n) is 7.81. The van der Waals surface area contributed by atoms with E-state index < -0.39 is 0 Å². The maximum absolute atomic E-state index is 12.3. The molecule has 0 amide bonds. The van der Waals surface area contributed by atoms with Crippen LogP contribution in [0.4, 0.5) is 0 Å². The fourth-order valence-corrected chi connectivity index (χ4v) is 5.61. The molecular formula is C29H34N6O4. The van der Waals surface area contributed by atoms with Crippen molar-refractivity contribution in [1.82, 2.24) is 20.3 Å². The molecule has 2 aromatic heterocycles. The molecule has 0 radical (unpaired) electrons. The normalized spacial score (nSPS) is 17.0. The minimum atomic E-state index is -0.377. The van der Waals surface area contributed by atoms with Crippen molar-refractivity contribution < 1.29 is 28.6 Å². The first-order valence-electron chi connectivity index (χ1n) is 13.9. The Morgan fingerprint density at radius 2 is 0.974 bits per heavy atom. The lowest BCUT2D eigenvalue weighted by Gasteiger charge is -2.24. The Morgan fingerprint density at radius 1 is 0.590 bits per heavy atom. The van der Waals surface area contributed by atoms with Crippen LogP contribution >= 0.6 is 0 Å². The van der Waals surface area contributed by atoms with Gasteiger partial charge in [-0.05, 0) is 78.8 Å². The zero-order valence-electron chi connectivity index (χ0n) is 22.1. The van der Waals surface area contributed by atoms with Crippen LogP contribution in [0.3, 0.4) is 0 Å². The Balaban J connectivity index is 1.13. The highest BCUT2D eigenvalue weighted by Crippen LogP contribution is 2.19. The number of hydrogen-bond donors (Lipinski definition) is 0. The molecule has 39 heavy (non-hydrogen) atoms. The van der Waals surface area contributed by atoms with Gasteiger partial charge in [0.25, 0.3) is 11.4 Å². The molecule has 0 atom stereocenters. The van der Waals surface area contributed by atoms with E-state index in [1.807, 2.05) is 48.5 Å². The molecule has 0 aliphatic carbocycles. The number of benzene rings is 2. The number of piperidine rings is 2. The van der Waals surface area contributed by atoms with E-state index in [1.54, 1.807) is 9.36 Å². The predicted molar refractivity (Wildman–Crippen MR) is 136 cm³/mol. The molecule has 204 valence electrons. The molecule has 2 aromatic carbocycles. The van der Waals surface area contributed by atoms with Crippen molar-refractivity contribution in [2.75, 3.05) is 26.2 Å². The monoisotopic (exact) mass is 530 g/mol. The highest BCUT2D eigenvalue weighted by Gasteiger charge is 2.25. The molecule has 6 rings (SSSR count). The molecule has 0 unspecified atom stereocenters. The average molecular weight is 531 g/mol. The SMILES string of the molecule is [O-]c1on[n+](-c2ccc(Cc3ccc(-[n+]4noc([O-])c4CN4CCCCC4)cc3)cc2)c1CN1CCCCC1. The van der Waals surface area contributed by atoms with Gasteiger partial charge >= 0.3 is 0 Å². The van der Waals surface area contributed by atoms with Crippen molar-refractivity contribution in [3.05, 3.63) is 71.0 Å². The molecule has 0 N–H and O–H groups in total. The summed E-state index contributed by atoms with van der Waals surface area (Å²) in [6.07, 6.45) is 7.87. The molecule has 10 heteroatoms. The average Bonchev–Trinajstić information content (AvgIpc) is 3.52. The summed E-state index contributed by atoms with van der Waals surface area (Å²) in [6, 6.07) is 16.1. The minimum absolute atomic E-state index is 0.377. The number of likely N-dealkylation sites (tertiary alicyclic amines) is 2. The van der Waals surface area contributed by atoms with E-state index in [0.717, 1.165) is 80.8 Å². The van der Waals surface area contributed by atoms with Crippen LogP contribution in [-0.2, 0) is 19.5 Å². The molecule has 10 nitrogen and oxygen atoms in total. The largest absolute Gasteiger partial charge is 0.539 e. The Hall–Kier alpha value is -3.76. The summed E-state index contributed by atoms with van der Waals surface area (Å²) in [5, 5.41) is 32.7. The van der Waals surface area contributed by atoms with Crippen molar-refractivity contribution in [3.8, 4) is 23.3 Å². The lowest BCUT2D eigenvalue weighted by atomic mass is 10.0. The Bertz CT molecular complexity index is 1260. The summed E-state index contributed by atoms with van der Waals surface area (Å²) in [7, 11) is 0. The Morgan fingerprint density at radius 3 is 1.36 bits per heavy atom. The van der Waals surface area contributed by atoms with E-state index in [2.05, 4.69) is 20.3 Å². The molecular weight excluding hydrogens is 496 g/mol. The highest BCUT2D eigenvalue weighted by atomic mass is 16.6. The molecule has 0 saturated carbocycles. The maximum Gasteiger partial charge on any atom is 0.254 e. The van der Waals surface area contributed by atoms with E-state index in [-0.39, 0.29) is 11.9 Å². The predicted octanol–water partition coefficient (Wildman–Crippen LogP) is 1.93. The van der Waals surface area contributed by atoms with Crippen LogP contribution in [-0.4, -0.2) is 46.5 Å². The second-order valence-corrected chi connectivity index (χ2v) is 10.6. The van der Waals surface area contributed by atoms with Gasteiger partial charge in [0.2, 0.25) is 11.4 Å². The van der Waals surface area contributed by atoms with Gasteiger partial charge in [0.05, 0.1) is 23.6 Å². The van der Waals surface area contributed by atoms with Gasteiger partial charge in [0, 0.05) is 24.3 Å². The van der Waals surface area contributed by atoms with Crippen LogP contribution in [0.5, 0.6) is 11.9 Å². The summed E-state index contributed by atoms with van der Waals surface area (Å²) in [5.74, 6) is -0.754. The summed E-state index contributed by atoms with van der Waals surface area (Å²) in [5.41, 5.74) is 5.01. The molecule has 4 heterocycles. The number of aromatic nitrogens is 4. The molecule has 2 aliphatic heterocycles. The van der Waals surface area contributed by atoms with Crippen LogP contribution in [0.1, 0.15) is 61.0 Å². The zero-order chi connectivity index (χ0) is 26.6. The van der Waals surface area contributed by atoms with Gasteiger partial charge in [0.15, 0.2) is 11.9 Å². The van der Waals surface area contributed by atoms with Gasteiger partial charge in [-0.3, -0.25) is 9.80 Å². The van der Waals surface area contributed by atoms with Crippen molar-refractivity contribution in [3.63, 3.8) is 0 Å². The lowest BCUT2D eigenvalue weighted by molar-refractivity contribution is -0.678. The topological polar surface area (TPSA) is 112 Å². The van der Waals surface area contributed by atoms with Gasteiger partial charge in [-0.25, -0.2) is 0 Å². The number of rotatable bonds is 8. The van der Waals surface area contributed by atoms with Gasteiger partial charge < -0.3 is 19.3 Å². The van der Waals surface area contributed by atoms with Crippen LogP contribution in [0, 0.1) is 0 Å². The van der Waals surface area contributed by atoms with Gasteiger partial charge in [-0.15, -0.1) is 0 Å². The van der Waals surface area contributed by atoms with E-state index in [1.165, 1.54) is 12.8 Å². The Kier molecular flexibility index (Phi) is 7.55. The fourth-order valence-electron chi connectivity index (χ4n) is 5.61. The van der Waals surface area contributed by atoms with E-state index >= 15 is 0 Å². The molecule has 2 fully saturated rings. The van der Waals surface area contributed by atoms with Crippen LogP contribution in [0.2, 0.25) is 0 Å². The van der Waals surface area contributed by atoms with E-state index in [4.69, 9.17) is 9.05 Å². The van der Waals surface area contributed by atoms with E-state index in [0.29, 0.717) is 24.5 Å². The van der Waals surface area contributed by atoms with Gasteiger partial charge in [-0.1, -0.05) is 37.1 Å². The third kappa shape index (κ3) is 5.81. The number of nitrogens with zero attached hydrogens (tertiary/aromatic N) is 6. The molecule has 2 saturated heterocycles. The molecule has 2 aliphatic rings. The second-order valence-electron chi connectivity index (χ2n) is 10.6. The van der Waals surface area contributed by atoms with Gasteiger partial charge in [0.1, 0.15) is 0 Å². The molecule has 4 aromatic rings. The Labute approximate surface area is 227 Å². The summed E-state index contributed by atoms with van der Waals surface area (Å²) >= 11 is 0. The van der Waals surface area contributed by atoms with E-state index in [9.17, 15) is 10.2 Å². The lowest BCUT2D eigenvalue weighted by Crippen LogP contribution is -2.41. The van der Waals surface area contributed by atoms with Crippen molar-refractivity contribution in [1.29, 1.82) is 0 Å². The fraction of sp³-hybridized carbons (Fsp3) is 0.448. The van der Waals surface area contributed by atoms with Gasteiger partial charge in [-0.2, -0.15) is 0 Å². The molecule has 0 spiro atoms. The highest BCUT2D eigenvalue weighted by molar-refractivity contribution is 5.34. The first kappa shape index (κ1) is 25.5. The molecule has 0 bridgehead atoms. The quantitative estimate of drug-likeness (QED) is 0.318. The third-order valence-corrected chi connectivity index (χ3v) is 7.81. The standard InChI is InChI=1S/C29H34N6O4/c36-28-26(20-32-15-3-1-4-16-32)34(30-38-28)24-11-7-22(8-12-24)19-23-9-13-25(14-10-23)35-27(29(37)39-31-35)21-33-17-5-2-6-18-33/h7-14H,1-6,15-21H2. The minimum Gasteiger partial charge on any atom is -0.539 e. The van der Waals surface area contributed by atoms with Crippen molar-refractivity contribution >= 4 is 0 Å². The van der Waals surface area contributed by atoms with Crippen molar-refractivity contribution in [2.24, 2.45) is 0 Å². The van der Waals surface area contributed by atoms with Crippen molar-refractivity contribution in [2.45, 2.75) is 58.0 Å². The summed E-state index contributed by atoms with van der Waals surface area (Å²) in [6.45, 7) is 5.08. The first-order valence-corrected chi connectivity index (χ1v) is 13.9. The number of hydrogen-bond acceptors (Lipinski definition) is 8. The smallest absolute Gasteiger partial charge is 0.254 e. The zero-order valence-corrected chi connectivity index (χ0v) is 22.1. The second kappa shape index (κ2) is 11.5. The maximum atomic E-state index is 12.3. The van der Waals surface area contributed by atoms with Crippen LogP contribution in [0.15, 0.2) is 57.6 Å². The van der Waals surface area contributed by atoms with Crippen LogP contribution in [0.25, 0.3) is 11.4 Å².